The highest BCUT2D eigenvalue weighted by atomic mass is 32.2. The fourth-order valence-electron chi connectivity index (χ4n) is 5.05. The Bertz CT molecular complexity index is 758. The van der Waals surface area contributed by atoms with Crippen LogP contribution in [0.4, 0.5) is 0 Å². The normalized spacial score (nSPS) is 48.7. The van der Waals surface area contributed by atoms with Crippen LogP contribution < -0.4 is 0 Å². The highest BCUT2D eigenvalue weighted by molar-refractivity contribution is 7.87. The molecule has 10 heteroatoms. The molecule has 0 radical (unpaired) electrons. The molecule has 0 aromatic rings. The van der Waals surface area contributed by atoms with Gasteiger partial charge in [0.25, 0.3) is 10.1 Å². The summed E-state index contributed by atoms with van der Waals surface area (Å²) in [4.78, 5) is 22.9. The fraction of sp³-hybridized carbons (Fsp3) is 0.714. The van der Waals surface area contributed by atoms with Crippen molar-refractivity contribution in [2.24, 2.45) is 10.8 Å². The summed E-state index contributed by atoms with van der Waals surface area (Å²) in [5.41, 5.74) is -3.70. The lowest BCUT2D eigenvalue weighted by atomic mass is 9.79. The molecule has 3 aliphatic carbocycles. The van der Waals surface area contributed by atoms with Crippen molar-refractivity contribution in [3.8, 4) is 0 Å². The molecule has 1 spiro atoms. The number of hydrogen-bond donors (Lipinski definition) is 2. The van der Waals surface area contributed by atoms with Crippen LogP contribution in [0.3, 0.4) is 0 Å². The Morgan fingerprint density at radius 2 is 2.12 bits per heavy atom. The molecule has 2 bridgehead atoms. The maximum absolute atomic E-state index is 12.0. The van der Waals surface area contributed by atoms with Gasteiger partial charge in [-0.05, 0) is 12.8 Å². The molecular weight excluding hydrogens is 344 g/mol. The Balaban J connectivity index is 1.57. The van der Waals surface area contributed by atoms with Crippen LogP contribution in [0.5, 0.6) is 0 Å². The second-order valence-electron chi connectivity index (χ2n) is 6.91. The molecule has 6 unspecified atom stereocenters. The third-order valence-electron chi connectivity index (χ3n) is 5.94. The summed E-state index contributed by atoms with van der Waals surface area (Å²) in [6.07, 6.45) is -0.931. The van der Waals surface area contributed by atoms with Gasteiger partial charge in [-0.1, -0.05) is 6.58 Å². The first-order valence-electron chi connectivity index (χ1n) is 7.42. The number of aliphatic hydroxyl groups is 2. The zero-order chi connectivity index (χ0) is 17.5. The summed E-state index contributed by atoms with van der Waals surface area (Å²) in [5, 5.41) is 19.8. The lowest BCUT2D eigenvalue weighted by Crippen LogP contribution is -2.54. The van der Waals surface area contributed by atoms with Crippen LogP contribution in [0, 0.1) is 10.8 Å². The van der Waals surface area contributed by atoms with Crippen LogP contribution in [0.1, 0.15) is 12.8 Å². The summed E-state index contributed by atoms with van der Waals surface area (Å²) in [6.45, 7) is 2.09. The highest BCUT2D eigenvalue weighted by Gasteiger charge is 3.00. The van der Waals surface area contributed by atoms with Crippen LogP contribution in [-0.4, -0.2) is 66.8 Å². The number of hydrogen-bond acceptors (Lipinski definition) is 9. The Labute approximate surface area is 137 Å². The van der Waals surface area contributed by atoms with E-state index in [1.807, 2.05) is 0 Å². The topological polar surface area (TPSA) is 136 Å². The maximum atomic E-state index is 12.0. The molecule has 1 saturated heterocycles. The fourth-order valence-corrected chi connectivity index (χ4v) is 7.22. The number of fused-ring (bicyclic) bond motifs is 2. The van der Waals surface area contributed by atoms with E-state index in [9.17, 15) is 28.2 Å². The Kier molecular flexibility index (Phi) is 2.91. The van der Waals surface area contributed by atoms with Gasteiger partial charge in [-0.2, -0.15) is 8.42 Å². The van der Waals surface area contributed by atoms with Gasteiger partial charge < -0.3 is 19.7 Å². The average Bonchev–Trinajstić information content (AvgIpc) is 2.86. The van der Waals surface area contributed by atoms with Gasteiger partial charge in [0.2, 0.25) is 0 Å². The maximum Gasteiger partial charge on any atom is 0.344 e. The van der Waals surface area contributed by atoms with Crippen LogP contribution in [0.25, 0.3) is 0 Å². The van der Waals surface area contributed by atoms with Crippen molar-refractivity contribution in [1.82, 2.24) is 0 Å². The second kappa shape index (κ2) is 4.37. The van der Waals surface area contributed by atoms with Crippen molar-refractivity contribution < 1.29 is 41.9 Å². The van der Waals surface area contributed by atoms with E-state index in [0.717, 1.165) is 6.08 Å². The largest absolute Gasteiger partial charge is 0.456 e. The second-order valence-corrected chi connectivity index (χ2v) is 8.65. The number of carbonyl (C=O) groups excluding carboxylic acids is 2. The molecule has 6 atom stereocenters. The summed E-state index contributed by atoms with van der Waals surface area (Å²) in [5.74, 6) is -1.70. The first kappa shape index (κ1) is 16.0. The summed E-state index contributed by atoms with van der Waals surface area (Å²) < 4.78 is 38.8. The number of carbonyl (C=O) groups is 2. The molecule has 132 valence electrons. The zero-order valence-electron chi connectivity index (χ0n) is 12.5. The molecule has 4 rings (SSSR count). The van der Waals surface area contributed by atoms with Gasteiger partial charge in [0.15, 0.2) is 6.61 Å². The minimum atomic E-state index is -3.79. The van der Waals surface area contributed by atoms with E-state index < -0.39 is 69.2 Å². The zero-order valence-corrected chi connectivity index (χ0v) is 13.3. The molecule has 24 heavy (non-hydrogen) atoms. The molecule has 4 fully saturated rings. The highest BCUT2D eigenvalue weighted by Crippen LogP contribution is 2.84. The first-order valence-corrected chi connectivity index (χ1v) is 8.89. The number of aliphatic hydroxyl groups excluding tert-OH is 1. The molecule has 1 heterocycles. The van der Waals surface area contributed by atoms with E-state index in [4.69, 9.17) is 8.92 Å². The van der Waals surface area contributed by atoms with Crippen LogP contribution in [0.2, 0.25) is 0 Å². The van der Waals surface area contributed by atoms with E-state index >= 15 is 0 Å². The van der Waals surface area contributed by atoms with Crippen LogP contribution in [0.15, 0.2) is 12.7 Å². The van der Waals surface area contributed by atoms with Crippen molar-refractivity contribution in [2.75, 3.05) is 13.2 Å². The number of ether oxygens (including phenoxy) is 2. The standard InChI is InChI=1S/C14H16O9S/c1-2-8(16)21-4-9(17)22-10-12(6-15)3-7-13(5-12)11(14(10,13)18)23-24(7,19)20/h2,7,10-11,15,18H,1,3-6H2. The summed E-state index contributed by atoms with van der Waals surface area (Å²) >= 11 is 0. The van der Waals surface area contributed by atoms with E-state index in [-0.39, 0.29) is 12.8 Å². The molecule has 3 saturated carbocycles. The first-order chi connectivity index (χ1) is 11.2. The summed E-state index contributed by atoms with van der Waals surface area (Å²) in [6, 6.07) is 0. The van der Waals surface area contributed by atoms with Gasteiger partial charge >= 0.3 is 11.9 Å². The number of rotatable bonds is 5. The van der Waals surface area contributed by atoms with Crippen molar-refractivity contribution in [1.29, 1.82) is 0 Å². The minimum absolute atomic E-state index is 0.0506. The lowest BCUT2D eigenvalue weighted by molar-refractivity contribution is -0.181. The van der Waals surface area contributed by atoms with Gasteiger partial charge in [-0.15, -0.1) is 0 Å². The predicted molar refractivity (Wildman–Crippen MR) is 74.8 cm³/mol. The third-order valence-corrected chi connectivity index (χ3v) is 7.68. The SMILES string of the molecule is C=CC(=O)OCC(=O)OC1C2(CO)CC3C4(C2)C(OS3(=O)=O)C14O. The van der Waals surface area contributed by atoms with Crippen molar-refractivity contribution in [2.45, 2.75) is 35.9 Å². The van der Waals surface area contributed by atoms with Crippen LogP contribution >= 0.6 is 0 Å². The van der Waals surface area contributed by atoms with E-state index in [2.05, 4.69) is 11.3 Å². The molecule has 9 nitrogen and oxygen atoms in total. The van der Waals surface area contributed by atoms with Gasteiger partial charge in [-0.3, -0.25) is 4.18 Å². The van der Waals surface area contributed by atoms with Crippen molar-refractivity contribution >= 4 is 22.1 Å². The minimum Gasteiger partial charge on any atom is -0.456 e. The average molecular weight is 360 g/mol. The van der Waals surface area contributed by atoms with Gasteiger partial charge in [0.1, 0.15) is 17.8 Å². The predicted octanol–water partition coefficient (Wildman–Crippen LogP) is -1.76. The quantitative estimate of drug-likeness (QED) is 0.332. The monoisotopic (exact) mass is 360 g/mol. The van der Waals surface area contributed by atoms with Crippen molar-refractivity contribution in [3.05, 3.63) is 12.7 Å². The van der Waals surface area contributed by atoms with Crippen LogP contribution in [-0.2, 0) is 33.4 Å². The number of esters is 2. The molecule has 4 aliphatic rings. The van der Waals surface area contributed by atoms with Gasteiger partial charge in [0.05, 0.1) is 17.3 Å². The molecule has 0 aromatic heterocycles. The van der Waals surface area contributed by atoms with E-state index in [1.165, 1.54) is 0 Å². The van der Waals surface area contributed by atoms with Gasteiger partial charge in [-0.25, -0.2) is 9.59 Å². The molecule has 1 aliphatic heterocycles. The summed E-state index contributed by atoms with van der Waals surface area (Å²) in [7, 11) is -3.79. The molecule has 2 N–H and O–H groups in total. The van der Waals surface area contributed by atoms with Crippen molar-refractivity contribution in [3.63, 3.8) is 0 Å². The Hall–Kier alpha value is -1.49. The van der Waals surface area contributed by atoms with E-state index in [1.54, 1.807) is 0 Å². The van der Waals surface area contributed by atoms with Gasteiger partial charge in [0, 0.05) is 11.5 Å². The molecular formula is C14H16O9S. The molecule has 0 amide bonds. The third kappa shape index (κ3) is 1.53. The smallest absolute Gasteiger partial charge is 0.344 e. The lowest BCUT2D eigenvalue weighted by Gasteiger charge is -2.39. The Morgan fingerprint density at radius 3 is 2.75 bits per heavy atom. The van der Waals surface area contributed by atoms with E-state index in [0.29, 0.717) is 0 Å². The Morgan fingerprint density at radius 1 is 1.42 bits per heavy atom. The molecule has 0 aromatic carbocycles.